The Hall–Kier alpha value is -4.43. The number of hydrogen-bond donors (Lipinski definition) is 0. The van der Waals surface area contributed by atoms with Crippen molar-refractivity contribution in [3.63, 3.8) is 0 Å². The molecule has 0 fully saturated rings. The summed E-state index contributed by atoms with van der Waals surface area (Å²) >= 11 is 0. The Morgan fingerprint density at radius 3 is 1.93 bits per heavy atom. The van der Waals surface area contributed by atoms with E-state index in [4.69, 9.17) is 4.74 Å². The number of para-hydroxylation sites is 1. The maximum Gasteiger partial charge on any atom is 0.431 e. The van der Waals surface area contributed by atoms with E-state index in [0.29, 0.717) is 17.1 Å². The van der Waals surface area contributed by atoms with Gasteiger partial charge in [-0.1, -0.05) is 11.3 Å². The van der Waals surface area contributed by atoms with Crippen LogP contribution in [0.5, 0.6) is 11.6 Å². The van der Waals surface area contributed by atoms with Crippen LogP contribution in [0.3, 0.4) is 0 Å². The van der Waals surface area contributed by atoms with Gasteiger partial charge >= 0.3 is 12.4 Å². The SMILES string of the molecule is CN1C=CN(c2[c-]c(N3C=CN(C)[CH-]3)cc(C(F)(F)F)c2)[CH-]1.Cn1cc(Oc2[c-]cccc2)nc1-c1cc(C(F)(F)F)n[n-]1.[Ir]. The number of imidazole rings is 1. The number of aromatic nitrogens is 4. The molecule has 2 aromatic carbocycles. The van der Waals surface area contributed by atoms with E-state index < -0.39 is 23.6 Å². The minimum absolute atomic E-state index is 0. The molecule has 4 heterocycles. The topological polar surface area (TPSA) is 67.0 Å². The van der Waals surface area contributed by atoms with Gasteiger partial charge in [0.25, 0.3) is 0 Å². The molecule has 1 radical (unpaired) electrons. The molecule has 2 aliphatic rings. The van der Waals surface area contributed by atoms with Gasteiger partial charge in [-0.15, -0.1) is 41.7 Å². The number of anilines is 2. The van der Waals surface area contributed by atoms with E-state index in [2.05, 4.69) is 27.3 Å². The monoisotopic (exact) mass is 806 g/mol. The Morgan fingerprint density at radius 1 is 0.844 bits per heavy atom. The minimum Gasteiger partial charge on any atom is -0.572 e. The van der Waals surface area contributed by atoms with Crippen molar-refractivity contribution in [2.75, 3.05) is 23.9 Å². The van der Waals surface area contributed by atoms with Crippen LogP contribution in [0.4, 0.5) is 37.7 Å². The predicted octanol–water partition coefficient (Wildman–Crippen LogP) is 6.24. The maximum absolute atomic E-state index is 13.1. The average molecular weight is 806 g/mol. The van der Waals surface area contributed by atoms with Gasteiger partial charge in [-0.25, -0.2) is 0 Å². The summed E-state index contributed by atoms with van der Waals surface area (Å²) in [5, 5.41) is 6.64. The Kier molecular flexibility index (Phi) is 9.88. The predicted molar refractivity (Wildman–Crippen MR) is 148 cm³/mol. The molecule has 2 aliphatic heterocycles. The second-order valence-corrected chi connectivity index (χ2v) is 9.57. The molecular weight excluding hydrogens is 783 g/mol. The van der Waals surface area contributed by atoms with Crippen molar-refractivity contribution in [3.8, 4) is 23.1 Å². The second kappa shape index (κ2) is 13.3. The van der Waals surface area contributed by atoms with Crippen LogP contribution in [-0.4, -0.2) is 38.5 Å². The number of benzene rings is 2. The fourth-order valence-electron chi connectivity index (χ4n) is 3.99. The molecule has 4 aromatic rings. The first kappa shape index (κ1) is 33.5. The summed E-state index contributed by atoms with van der Waals surface area (Å²) in [7, 11) is 5.24. The molecule has 0 aliphatic carbocycles. The fraction of sp³-hybridized carbons (Fsp3) is 0.172. The molecule has 16 heteroatoms. The van der Waals surface area contributed by atoms with E-state index in [1.165, 1.54) is 10.8 Å². The fourth-order valence-corrected chi connectivity index (χ4v) is 3.99. The first-order chi connectivity index (χ1) is 20.8. The first-order valence-electron chi connectivity index (χ1n) is 12.7. The van der Waals surface area contributed by atoms with Gasteiger partial charge in [0, 0.05) is 32.9 Å². The number of rotatable bonds is 5. The molecule has 0 spiro atoms. The quantitative estimate of drug-likeness (QED) is 0.174. The van der Waals surface area contributed by atoms with E-state index in [1.807, 2.05) is 0 Å². The zero-order valence-corrected chi connectivity index (χ0v) is 26.1. The third-order valence-electron chi connectivity index (χ3n) is 6.07. The Labute approximate surface area is 268 Å². The van der Waals surface area contributed by atoms with Crippen molar-refractivity contribution in [2.45, 2.75) is 12.4 Å². The minimum atomic E-state index is -4.53. The van der Waals surface area contributed by atoms with Crippen LogP contribution in [0.2, 0.25) is 0 Å². The Bertz CT molecular complexity index is 1610. The molecule has 241 valence electrons. The van der Waals surface area contributed by atoms with E-state index in [-0.39, 0.29) is 37.5 Å². The molecule has 0 saturated heterocycles. The molecule has 0 amide bonds. The number of nitrogens with zero attached hydrogens (tertiary/aromatic N) is 8. The van der Waals surface area contributed by atoms with Gasteiger partial charge < -0.3 is 39.1 Å². The van der Waals surface area contributed by atoms with Gasteiger partial charge in [-0.05, 0) is 45.0 Å². The van der Waals surface area contributed by atoms with E-state index in [0.717, 1.165) is 18.2 Å². The van der Waals surface area contributed by atoms with Crippen LogP contribution in [-0.2, 0) is 39.5 Å². The average Bonchev–Trinajstić information content (AvgIpc) is 3.76. The van der Waals surface area contributed by atoms with Crippen LogP contribution in [0.25, 0.3) is 11.5 Å². The zero-order valence-electron chi connectivity index (χ0n) is 23.7. The molecule has 0 N–H and O–H groups in total. The van der Waals surface area contributed by atoms with Gasteiger partial charge in [0.05, 0.1) is 6.20 Å². The Balaban J connectivity index is 0.000000200. The molecule has 6 rings (SSSR count). The smallest absolute Gasteiger partial charge is 0.431 e. The number of aryl methyl sites for hydroxylation is 1. The van der Waals surface area contributed by atoms with Crippen molar-refractivity contribution >= 4 is 11.4 Å². The third kappa shape index (κ3) is 8.19. The summed E-state index contributed by atoms with van der Waals surface area (Å²) in [5.41, 5.74) is -1.06. The summed E-state index contributed by atoms with van der Waals surface area (Å²) in [6.07, 6.45) is -0.528. The van der Waals surface area contributed by atoms with Gasteiger partial charge in [-0.2, -0.15) is 62.9 Å². The van der Waals surface area contributed by atoms with Crippen molar-refractivity contribution in [1.82, 2.24) is 29.5 Å². The first-order valence-corrected chi connectivity index (χ1v) is 12.7. The van der Waals surface area contributed by atoms with E-state index in [9.17, 15) is 26.3 Å². The van der Waals surface area contributed by atoms with Crippen LogP contribution in [0, 0.1) is 25.5 Å². The third-order valence-corrected chi connectivity index (χ3v) is 6.07. The zero-order chi connectivity index (χ0) is 31.6. The molecule has 9 nitrogen and oxygen atoms in total. The van der Waals surface area contributed by atoms with Gasteiger partial charge in [0.2, 0.25) is 5.88 Å². The maximum atomic E-state index is 13.1. The van der Waals surface area contributed by atoms with Crippen molar-refractivity contribution in [1.29, 1.82) is 0 Å². The number of ether oxygens (including phenoxy) is 1. The molecule has 45 heavy (non-hydrogen) atoms. The second-order valence-electron chi connectivity index (χ2n) is 9.57. The van der Waals surface area contributed by atoms with Crippen LogP contribution in [0.15, 0.2) is 73.5 Å². The van der Waals surface area contributed by atoms with Crippen LogP contribution in [0.1, 0.15) is 11.3 Å². The number of halogens is 6. The van der Waals surface area contributed by atoms with Gasteiger partial charge in [-0.3, -0.25) is 0 Å². The van der Waals surface area contributed by atoms with Gasteiger partial charge in [0.15, 0.2) is 0 Å². The van der Waals surface area contributed by atoms with Crippen LogP contribution < -0.4 is 19.6 Å². The van der Waals surface area contributed by atoms with E-state index in [1.54, 1.807) is 103 Å². The summed E-state index contributed by atoms with van der Waals surface area (Å²) in [6.45, 7) is 3.37. The molecule has 0 bridgehead atoms. The summed E-state index contributed by atoms with van der Waals surface area (Å²) in [5.74, 6) is 0.919. The summed E-state index contributed by atoms with van der Waals surface area (Å²) in [4.78, 5) is 10.8. The number of alkyl halides is 6. The number of hydrogen-bond acceptors (Lipinski definition) is 7. The normalized spacial score (nSPS) is 14.5. The van der Waals surface area contributed by atoms with Crippen LogP contribution >= 0.6 is 0 Å². The van der Waals surface area contributed by atoms with Crippen molar-refractivity contribution in [3.05, 3.63) is 110 Å². The summed E-state index contributed by atoms with van der Waals surface area (Å²) < 4.78 is 84.1. The molecule has 0 unspecified atom stereocenters. The largest absolute Gasteiger partial charge is 0.572 e. The molecule has 2 aromatic heterocycles. The molecular formula is C29H23F6IrN8O-5. The van der Waals surface area contributed by atoms with Crippen molar-refractivity contribution in [2.24, 2.45) is 7.05 Å². The summed E-state index contributed by atoms with van der Waals surface area (Å²) in [6, 6.07) is 15.8. The van der Waals surface area contributed by atoms with E-state index >= 15 is 0 Å². The Morgan fingerprint density at radius 2 is 1.47 bits per heavy atom. The standard InChI is InChI=1S/C15H14F3N4.C14H9F3N4O.Ir/c1-19-3-5-21(10-19)13-7-12(15(16,17)18)8-14(9-13)22-6-4-20(2)11-22;1-21-8-12(22-9-5-3-2-4-6-9)18-13(21)10-7-11(20-19-10)14(15,16)17;/h3-8,10-11H,1-2H3;2-5,7-8H,1H3;/q-3;-2;. The molecule has 0 saturated carbocycles. The molecule has 0 atom stereocenters. The van der Waals surface area contributed by atoms with Gasteiger partial charge in [0.1, 0.15) is 11.5 Å². The van der Waals surface area contributed by atoms with Crippen molar-refractivity contribution < 1.29 is 51.2 Å².